The van der Waals surface area contributed by atoms with Crippen molar-refractivity contribution >= 4 is 38.8 Å². The second-order valence-corrected chi connectivity index (χ2v) is 8.21. The second-order valence-electron chi connectivity index (χ2n) is 5.85. The summed E-state index contributed by atoms with van der Waals surface area (Å²) in [4.78, 5) is 12.5. The van der Waals surface area contributed by atoms with E-state index in [1.54, 1.807) is 30.3 Å². The number of nitrogens with one attached hydrogen (secondary N) is 3. The maximum atomic E-state index is 13.6. The second kappa shape index (κ2) is 8.80. The average Bonchev–Trinajstić information content (AvgIpc) is 2.74. The number of halogens is 1. The average molecular weight is 429 g/mol. The molecule has 3 N–H and O–H groups in total. The van der Waals surface area contributed by atoms with Crippen molar-refractivity contribution in [2.24, 2.45) is 0 Å². The predicted molar refractivity (Wildman–Crippen MR) is 112 cm³/mol. The number of amides is 1. The highest BCUT2D eigenvalue weighted by molar-refractivity contribution is 7.91. The number of rotatable bonds is 4. The van der Waals surface area contributed by atoms with Gasteiger partial charge in [0.2, 0.25) is 9.84 Å². The Bertz CT molecular complexity index is 1140. The summed E-state index contributed by atoms with van der Waals surface area (Å²) < 4.78 is 38.7. The van der Waals surface area contributed by atoms with E-state index in [0.29, 0.717) is 0 Å². The van der Waals surface area contributed by atoms with Gasteiger partial charge >= 0.3 is 0 Å². The Morgan fingerprint density at radius 2 is 1.38 bits per heavy atom. The van der Waals surface area contributed by atoms with Gasteiger partial charge in [-0.3, -0.25) is 15.6 Å². The Hall–Kier alpha value is -3.30. The highest BCUT2D eigenvalue weighted by Crippen LogP contribution is 2.20. The van der Waals surface area contributed by atoms with Crippen LogP contribution in [0.3, 0.4) is 0 Å². The number of hydrogen-bond donors (Lipinski definition) is 3. The van der Waals surface area contributed by atoms with Crippen LogP contribution in [0.1, 0.15) is 10.4 Å². The first-order chi connectivity index (χ1) is 13.9. The van der Waals surface area contributed by atoms with Crippen LogP contribution < -0.4 is 16.2 Å². The van der Waals surface area contributed by atoms with E-state index < -0.39 is 21.6 Å². The number of anilines is 1. The van der Waals surface area contributed by atoms with Crippen LogP contribution >= 0.6 is 12.2 Å². The van der Waals surface area contributed by atoms with Gasteiger partial charge in [0.1, 0.15) is 5.82 Å². The maximum Gasteiger partial charge on any atom is 0.269 e. The molecule has 9 heteroatoms. The summed E-state index contributed by atoms with van der Waals surface area (Å²) in [7, 11) is -3.66. The molecular formula is C20H16FN3O3S2. The Morgan fingerprint density at radius 1 is 0.793 bits per heavy atom. The minimum atomic E-state index is -3.66. The number of benzene rings is 3. The van der Waals surface area contributed by atoms with Crippen LogP contribution in [0.15, 0.2) is 88.7 Å². The number of para-hydroxylation sites is 1. The molecule has 0 heterocycles. The zero-order valence-electron chi connectivity index (χ0n) is 14.9. The third-order valence-electron chi connectivity index (χ3n) is 3.89. The fourth-order valence-electron chi connectivity index (χ4n) is 2.42. The van der Waals surface area contributed by atoms with Gasteiger partial charge in [0.15, 0.2) is 5.11 Å². The van der Waals surface area contributed by atoms with Crippen molar-refractivity contribution in [3.63, 3.8) is 0 Å². The lowest BCUT2D eigenvalue weighted by Gasteiger charge is -2.12. The third kappa shape index (κ3) is 4.95. The lowest BCUT2D eigenvalue weighted by molar-refractivity contribution is 0.0944. The van der Waals surface area contributed by atoms with E-state index in [4.69, 9.17) is 12.2 Å². The van der Waals surface area contributed by atoms with E-state index in [1.165, 1.54) is 48.5 Å². The molecule has 3 aromatic rings. The molecule has 0 aromatic heterocycles. The van der Waals surface area contributed by atoms with Gasteiger partial charge in [-0.15, -0.1) is 0 Å². The first-order valence-corrected chi connectivity index (χ1v) is 10.3. The molecule has 0 radical (unpaired) electrons. The third-order valence-corrected chi connectivity index (χ3v) is 5.88. The smallest absolute Gasteiger partial charge is 0.269 e. The zero-order valence-corrected chi connectivity index (χ0v) is 16.6. The van der Waals surface area contributed by atoms with Gasteiger partial charge in [0.25, 0.3) is 5.91 Å². The van der Waals surface area contributed by atoms with E-state index in [0.717, 1.165) is 0 Å². The molecule has 0 fully saturated rings. The minimum Gasteiger partial charge on any atom is -0.329 e. The van der Waals surface area contributed by atoms with Crippen LogP contribution in [0.2, 0.25) is 0 Å². The molecule has 0 saturated carbocycles. The summed E-state index contributed by atoms with van der Waals surface area (Å²) in [6, 6.07) is 19.4. The molecule has 0 aliphatic rings. The molecule has 0 bridgehead atoms. The first kappa shape index (κ1) is 20.4. The normalized spacial score (nSPS) is 10.8. The van der Waals surface area contributed by atoms with E-state index in [-0.39, 0.29) is 26.2 Å². The lowest BCUT2D eigenvalue weighted by Crippen LogP contribution is -2.43. The number of thiocarbonyl (C=S) groups is 1. The molecule has 29 heavy (non-hydrogen) atoms. The van der Waals surface area contributed by atoms with Gasteiger partial charge in [-0.1, -0.05) is 30.3 Å². The van der Waals surface area contributed by atoms with E-state index >= 15 is 0 Å². The van der Waals surface area contributed by atoms with Gasteiger partial charge in [-0.05, 0) is 60.7 Å². The number of carbonyl (C=O) groups is 1. The zero-order chi connectivity index (χ0) is 20.9. The van der Waals surface area contributed by atoms with Crippen molar-refractivity contribution < 1.29 is 17.6 Å². The highest BCUT2D eigenvalue weighted by atomic mass is 32.2. The van der Waals surface area contributed by atoms with Gasteiger partial charge in [0.05, 0.1) is 15.5 Å². The molecule has 0 unspecified atom stereocenters. The highest BCUT2D eigenvalue weighted by Gasteiger charge is 2.17. The van der Waals surface area contributed by atoms with Crippen molar-refractivity contribution in [2.45, 2.75) is 9.79 Å². The molecule has 0 saturated heterocycles. The molecule has 0 spiro atoms. The quantitative estimate of drug-likeness (QED) is 0.436. The van der Waals surface area contributed by atoms with E-state index in [2.05, 4.69) is 16.2 Å². The summed E-state index contributed by atoms with van der Waals surface area (Å²) in [5.41, 5.74) is 5.21. The Labute approximate surface area is 172 Å². The Morgan fingerprint density at radius 3 is 2.03 bits per heavy atom. The van der Waals surface area contributed by atoms with Crippen LogP contribution in [0.25, 0.3) is 0 Å². The van der Waals surface area contributed by atoms with Crippen LogP contribution in [-0.2, 0) is 9.84 Å². The molecule has 6 nitrogen and oxygen atoms in total. The van der Waals surface area contributed by atoms with E-state index in [1.807, 2.05) is 0 Å². The molecule has 0 aliphatic carbocycles. The molecule has 148 valence electrons. The van der Waals surface area contributed by atoms with Crippen molar-refractivity contribution in [1.29, 1.82) is 0 Å². The molecular weight excluding hydrogens is 413 g/mol. The molecule has 3 aromatic carbocycles. The molecule has 3 rings (SSSR count). The summed E-state index contributed by atoms with van der Waals surface area (Å²) >= 11 is 5.00. The van der Waals surface area contributed by atoms with Crippen molar-refractivity contribution in [3.8, 4) is 0 Å². The Kier molecular flexibility index (Phi) is 6.20. The van der Waals surface area contributed by atoms with Gasteiger partial charge < -0.3 is 5.32 Å². The predicted octanol–water partition coefficient (Wildman–Crippen LogP) is 3.29. The minimum absolute atomic E-state index is 0.00766. The van der Waals surface area contributed by atoms with Crippen LogP contribution in [-0.4, -0.2) is 19.4 Å². The van der Waals surface area contributed by atoms with E-state index in [9.17, 15) is 17.6 Å². The topological polar surface area (TPSA) is 87.3 Å². The van der Waals surface area contributed by atoms with Gasteiger partial charge in [0, 0.05) is 5.56 Å². The fourth-order valence-corrected chi connectivity index (χ4v) is 3.87. The summed E-state index contributed by atoms with van der Waals surface area (Å²) in [6.45, 7) is 0. The largest absolute Gasteiger partial charge is 0.329 e. The SMILES string of the molecule is O=C(NNC(=S)Nc1ccccc1F)c1ccc(S(=O)(=O)c2ccccc2)cc1. The van der Waals surface area contributed by atoms with Crippen molar-refractivity contribution in [1.82, 2.24) is 10.9 Å². The van der Waals surface area contributed by atoms with Crippen LogP contribution in [0.4, 0.5) is 10.1 Å². The van der Waals surface area contributed by atoms with Crippen LogP contribution in [0, 0.1) is 5.82 Å². The number of carbonyl (C=O) groups excluding carboxylic acids is 1. The summed E-state index contributed by atoms with van der Waals surface area (Å²) in [5.74, 6) is -1.02. The van der Waals surface area contributed by atoms with Crippen LogP contribution in [0.5, 0.6) is 0 Å². The summed E-state index contributed by atoms with van der Waals surface area (Å²) in [6.07, 6.45) is 0. The first-order valence-electron chi connectivity index (χ1n) is 8.40. The maximum absolute atomic E-state index is 13.6. The van der Waals surface area contributed by atoms with Gasteiger partial charge in [-0.2, -0.15) is 0 Å². The molecule has 1 amide bonds. The Balaban J connectivity index is 1.62. The van der Waals surface area contributed by atoms with Crippen molar-refractivity contribution in [2.75, 3.05) is 5.32 Å². The fraction of sp³-hybridized carbons (Fsp3) is 0. The number of hydrogen-bond acceptors (Lipinski definition) is 4. The standard InChI is InChI=1S/C20H16FN3O3S2/c21-17-8-4-5-9-18(17)22-20(28)24-23-19(25)14-10-12-16(13-11-14)29(26,27)15-6-2-1-3-7-15/h1-13H,(H,23,25)(H2,22,24,28). The van der Waals surface area contributed by atoms with Gasteiger partial charge in [-0.25, -0.2) is 12.8 Å². The lowest BCUT2D eigenvalue weighted by atomic mass is 10.2. The molecule has 0 atom stereocenters. The number of sulfone groups is 1. The molecule has 0 aliphatic heterocycles. The number of hydrazine groups is 1. The summed E-state index contributed by atoms with van der Waals surface area (Å²) in [5, 5.41) is 2.61. The monoisotopic (exact) mass is 429 g/mol. The van der Waals surface area contributed by atoms with Crippen molar-refractivity contribution in [3.05, 3.63) is 90.2 Å².